The molecule has 3 nitrogen and oxygen atoms in total. The van der Waals surface area contributed by atoms with Crippen molar-refractivity contribution in [2.45, 2.75) is 12.5 Å². The average Bonchev–Trinajstić information content (AvgIpc) is 2.84. The summed E-state index contributed by atoms with van der Waals surface area (Å²) in [5.41, 5.74) is 6.64. The molecule has 2 aromatic carbocycles. The molecule has 1 atom stereocenters. The number of hydrogen-bond acceptors (Lipinski definition) is 2. The van der Waals surface area contributed by atoms with Crippen molar-refractivity contribution >= 4 is 16.7 Å². The van der Waals surface area contributed by atoms with Gasteiger partial charge in [-0.25, -0.2) is 0 Å². The maximum atomic E-state index is 12.5. The van der Waals surface area contributed by atoms with Gasteiger partial charge in [-0.15, -0.1) is 0 Å². The summed E-state index contributed by atoms with van der Waals surface area (Å²) in [4.78, 5) is 14.3. The van der Waals surface area contributed by atoms with Crippen LogP contribution in [0.2, 0.25) is 0 Å². The summed E-state index contributed by atoms with van der Waals surface area (Å²) in [6.45, 7) is 1.44. The summed E-state index contributed by atoms with van der Waals surface area (Å²) in [6, 6.07) is 14.0. The second-order valence-electron chi connectivity index (χ2n) is 4.83. The predicted octanol–water partition coefficient (Wildman–Crippen LogP) is 2.01. The fraction of sp³-hybridized carbons (Fsp3) is 0.267. The molecule has 3 heteroatoms. The largest absolute Gasteiger partial charge is 0.337 e. The fourth-order valence-electron chi connectivity index (χ4n) is 2.55. The smallest absolute Gasteiger partial charge is 0.254 e. The van der Waals surface area contributed by atoms with Crippen molar-refractivity contribution in [2.24, 2.45) is 5.73 Å². The minimum absolute atomic E-state index is 0.0970. The summed E-state index contributed by atoms with van der Waals surface area (Å²) in [6.07, 6.45) is 0.899. The van der Waals surface area contributed by atoms with E-state index in [1.54, 1.807) is 0 Å². The summed E-state index contributed by atoms with van der Waals surface area (Å²) < 4.78 is 0. The number of nitrogens with two attached hydrogens (primary N) is 1. The van der Waals surface area contributed by atoms with Crippen LogP contribution >= 0.6 is 0 Å². The summed E-state index contributed by atoms with van der Waals surface area (Å²) >= 11 is 0. The molecule has 0 aromatic heterocycles. The van der Waals surface area contributed by atoms with Crippen LogP contribution in [-0.4, -0.2) is 29.9 Å². The number of carbonyl (C=O) groups excluding carboxylic acids is 1. The molecule has 0 bridgehead atoms. The summed E-state index contributed by atoms with van der Waals surface area (Å²) in [5, 5.41) is 2.12. The predicted molar refractivity (Wildman–Crippen MR) is 72.4 cm³/mol. The molecule has 2 N–H and O–H groups in total. The Labute approximate surface area is 106 Å². The number of nitrogens with zero attached hydrogens (tertiary/aromatic N) is 1. The second kappa shape index (κ2) is 4.42. The molecule has 1 aliphatic heterocycles. The van der Waals surface area contributed by atoms with E-state index in [9.17, 15) is 4.79 Å². The van der Waals surface area contributed by atoms with Gasteiger partial charge in [-0.3, -0.25) is 4.79 Å². The normalized spacial score (nSPS) is 19.4. The van der Waals surface area contributed by atoms with Gasteiger partial charge in [0.25, 0.3) is 5.91 Å². The maximum absolute atomic E-state index is 12.5. The Hall–Kier alpha value is -1.87. The van der Waals surface area contributed by atoms with Crippen molar-refractivity contribution in [3.05, 3.63) is 48.0 Å². The van der Waals surface area contributed by atoms with E-state index >= 15 is 0 Å². The first kappa shape index (κ1) is 11.2. The minimum Gasteiger partial charge on any atom is -0.337 e. The highest BCUT2D eigenvalue weighted by atomic mass is 16.2. The molecule has 1 aliphatic rings. The Kier molecular flexibility index (Phi) is 2.76. The lowest BCUT2D eigenvalue weighted by Crippen LogP contribution is -2.31. The third kappa shape index (κ3) is 1.87. The van der Waals surface area contributed by atoms with Crippen LogP contribution in [0.15, 0.2) is 42.5 Å². The van der Waals surface area contributed by atoms with E-state index < -0.39 is 0 Å². The van der Waals surface area contributed by atoms with Crippen molar-refractivity contribution in [3.8, 4) is 0 Å². The zero-order chi connectivity index (χ0) is 12.5. The molecule has 2 aromatic rings. The molecule has 18 heavy (non-hydrogen) atoms. The standard InChI is InChI=1S/C15H16N2O/c16-12-8-9-17(10-12)15(18)14-7-3-5-11-4-1-2-6-13(11)14/h1-7,12H,8-10,16H2/t12-/m1/s1. The van der Waals surface area contributed by atoms with Crippen LogP contribution in [0.3, 0.4) is 0 Å². The third-order valence-electron chi connectivity index (χ3n) is 3.53. The van der Waals surface area contributed by atoms with Crippen LogP contribution in [0.25, 0.3) is 10.8 Å². The molecule has 92 valence electrons. The molecule has 1 fully saturated rings. The molecule has 0 spiro atoms. The zero-order valence-corrected chi connectivity index (χ0v) is 10.2. The van der Waals surface area contributed by atoms with Gasteiger partial charge >= 0.3 is 0 Å². The minimum atomic E-state index is 0.0970. The van der Waals surface area contributed by atoms with Gasteiger partial charge in [0, 0.05) is 24.7 Å². The highest BCUT2D eigenvalue weighted by Crippen LogP contribution is 2.21. The lowest BCUT2D eigenvalue weighted by molar-refractivity contribution is 0.0793. The Morgan fingerprint density at radius 2 is 1.94 bits per heavy atom. The molecule has 1 heterocycles. The van der Waals surface area contributed by atoms with Crippen LogP contribution < -0.4 is 5.73 Å². The van der Waals surface area contributed by atoms with Gasteiger partial charge in [-0.1, -0.05) is 36.4 Å². The monoisotopic (exact) mass is 240 g/mol. The number of benzene rings is 2. The van der Waals surface area contributed by atoms with Crippen LogP contribution in [0.1, 0.15) is 16.8 Å². The molecule has 3 rings (SSSR count). The molecule has 0 saturated carbocycles. The molecular weight excluding hydrogens is 224 g/mol. The van der Waals surface area contributed by atoms with Crippen LogP contribution in [0, 0.1) is 0 Å². The van der Waals surface area contributed by atoms with Crippen molar-refractivity contribution in [1.82, 2.24) is 4.90 Å². The molecule has 0 radical (unpaired) electrons. The first-order valence-corrected chi connectivity index (χ1v) is 6.28. The van der Waals surface area contributed by atoms with E-state index in [1.807, 2.05) is 47.4 Å². The number of carbonyl (C=O) groups is 1. The van der Waals surface area contributed by atoms with E-state index in [1.165, 1.54) is 0 Å². The van der Waals surface area contributed by atoms with Crippen LogP contribution in [0.5, 0.6) is 0 Å². The van der Waals surface area contributed by atoms with Crippen molar-refractivity contribution in [2.75, 3.05) is 13.1 Å². The Bertz CT molecular complexity index is 589. The lowest BCUT2D eigenvalue weighted by Gasteiger charge is -2.17. The number of rotatable bonds is 1. The van der Waals surface area contributed by atoms with Gasteiger partial charge in [0.15, 0.2) is 0 Å². The average molecular weight is 240 g/mol. The molecule has 1 saturated heterocycles. The second-order valence-corrected chi connectivity index (χ2v) is 4.83. The van der Waals surface area contributed by atoms with Crippen molar-refractivity contribution < 1.29 is 4.79 Å². The van der Waals surface area contributed by atoms with E-state index in [2.05, 4.69) is 0 Å². The van der Waals surface area contributed by atoms with E-state index in [0.717, 1.165) is 29.3 Å². The van der Waals surface area contributed by atoms with Gasteiger partial charge in [-0.2, -0.15) is 0 Å². The number of fused-ring (bicyclic) bond motifs is 1. The lowest BCUT2D eigenvalue weighted by atomic mass is 10.0. The number of amides is 1. The van der Waals surface area contributed by atoms with Gasteiger partial charge in [0.1, 0.15) is 0 Å². The quantitative estimate of drug-likeness (QED) is 0.828. The first-order chi connectivity index (χ1) is 8.75. The van der Waals surface area contributed by atoms with Gasteiger partial charge in [0.2, 0.25) is 0 Å². The molecule has 1 amide bonds. The zero-order valence-electron chi connectivity index (χ0n) is 10.2. The van der Waals surface area contributed by atoms with Crippen molar-refractivity contribution in [1.29, 1.82) is 0 Å². The van der Waals surface area contributed by atoms with Gasteiger partial charge < -0.3 is 10.6 Å². The van der Waals surface area contributed by atoms with E-state index in [0.29, 0.717) is 6.54 Å². The SMILES string of the molecule is N[C@@H]1CCN(C(=O)c2cccc3ccccc23)C1. The van der Waals surface area contributed by atoms with Gasteiger partial charge in [-0.05, 0) is 23.3 Å². The maximum Gasteiger partial charge on any atom is 0.254 e. The van der Waals surface area contributed by atoms with Crippen LogP contribution in [-0.2, 0) is 0 Å². The molecular formula is C15H16N2O. The van der Waals surface area contributed by atoms with E-state index in [4.69, 9.17) is 5.73 Å². The highest BCUT2D eigenvalue weighted by molar-refractivity contribution is 6.07. The summed E-state index contributed by atoms with van der Waals surface area (Å²) in [5.74, 6) is 0.0970. The number of likely N-dealkylation sites (tertiary alicyclic amines) is 1. The highest BCUT2D eigenvalue weighted by Gasteiger charge is 2.25. The first-order valence-electron chi connectivity index (χ1n) is 6.28. The summed E-state index contributed by atoms with van der Waals surface area (Å²) in [7, 11) is 0. The molecule has 0 unspecified atom stereocenters. The fourth-order valence-corrected chi connectivity index (χ4v) is 2.55. The third-order valence-corrected chi connectivity index (χ3v) is 3.53. The van der Waals surface area contributed by atoms with E-state index in [-0.39, 0.29) is 11.9 Å². The molecule has 0 aliphatic carbocycles. The van der Waals surface area contributed by atoms with Crippen molar-refractivity contribution in [3.63, 3.8) is 0 Å². The Morgan fingerprint density at radius 1 is 1.17 bits per heavy atom. The topological polar surface area (TPSA) is 46.3 Å². The number of hydrogen-bond donors (Lipinski definition) is 1. The Morgan fingerprint density at radius 3 is 2.72 bits per heavy atom. The van der Waals surface area contributed by atoms with Gasteiger partial charge in [0.05, 0.1) is 0 Å². The Balaban J connectivity index is 2.01. The van der Waals surface area contributed by atoms with Crippen LogP contribution in [0.4, 0.5) is 0 Å².